The first-order valence-electron chi connectivity index (χ1n) is 15.9. The van der Waals surface area contributed by atoms with Crippen molar-refractivity contribution >= 4 is 65.2 Å². The molecule has 0 saturated heterocycles. The van der Waals surface area contributed by atoms with Crippen molar-refractivity contribution in [2.24, 2.45) is 11.8 Å². The number of rotatable bonds is 4. The number of thiophene rings is 2. The van der Waals surface area contributed by atoms with E-state index < -0.39 is 12.2 Å². The van der Waals surface area contributed by atoms with E-state index in [2.05, 4.69) is 52.0 Å². The second-order valence-electron chi connectivity index (χ2n) is 12.6. The molecule has 0 amide bonds. The van der Waals surface area contributed by atoms with Gasteiger partial charge in [-0.2, -0.15) is 10.5 Å². The Labute approximate surface area is 274 Å². The van der Waals surface area contributed by atoms with Crippen molar-refractivity contribution < 1.29 is 10.2 Å². The van der Waals surface area contributed by atoms with E-state index in [1.807, 2.05) is 38.4 Å². The Bertz CT molecular complexity index is 1960. The Morgan fingerprint density at radius 3 is 1.54 bits per heavy atom. The van der Waals surface area contributed by atoms with E-state index >= 15 is 0 Å². The number of hydrogen-bond acceptors (Lipinski definition) is 10. The van der Waals surface area contributed by atoms with Gasteiger partial charge in [-0.05, 0) is 87.1 Å². The highest BCUT2D eigenvalue weighted by atomic mass is 32.1. The Hall–Kier alpha value is -3.94. The molecule has 6 heterocycles. The van der Waals surface area contributed by atoms with Gasteiger partial charge in [-0.3, -0.25) is 9.97 Å². The fraction of sp³-hybridized carbons (Fsp3) is 0.471. The number of aliphatic hydroxyl groups excluding tert-OH is 2. The number of aryl methyl sites for hydroxylation is 2. The highest BCUT2D eigenvalue weighted by Gasteiger charge is 2.33. The molecule has 2 N–H and O–H groups in total. The number of nitrogens with zero attached hydrogens (tertiary/aromatic N) is 8. The van der Waals surface area contributed by atoms with Gasteiger partial charge in [0.05, 0.1) is 68.2 Å². The predicted octanol–water partition coefficient (Wildman–Crippen LogP) is 7.14. The minimum Gasteiger partial charge on any atom is -0.393 e. The van der Waals surface area contributed by atoms with Gasteiger partial charge in [0.25, 0.3) is 0 Å². The average molecular weight is 653 g/mol. The molecule has 2 aliphatic carbocycles. The van der Waals surface area contributed by atoms with Gasteiger partial charge in [-0.25, -0.2) is 9.97 Å². The minimum absolute atomic E-state index is 0.106. The molecule has 0 bridgehead atoms. The number of nitriles is 2. The van der Waals surface area contributed by atoms with E-state index in [0.29, 0.717) is 25.7 Å². The van der Waals surface area contributed by atoms with E-state index in [4.69, 9.17) is 10.5 Å². The lowest BCUT2D eigenvalue weighted by Gasteiger charge is -2.33. The van der Waals surface area contributed by atoms with E-state index in [0.717, 1.165) is 79.8 Å². The standard InChI is InChI=1S/2C17H18N4OS/c2*1-10-20-14-9-19-13-5-7-23-17(13)16(14)21(10)12-3-2-11(4-6-18)15(22)8-12/h2*5,7,9,11-12,15,22H,2-4,8H2,1H3/t2*11-,12+,15-/m10/s1. The maximum Gasteiger partial charge on any atom is 0.109 e. The molecule has 6 aromatic heterocycles. The van der Waals surface area contributed by atoms with Crippen molar-refractivity contribution in [2.75, 3.05) is 0 Å². The third kappa shape index (κ3) is 5.43. The van der Waals surface area contributed by atoms with E-state index in [1.54, 1.807) is 22.7 Å². The van der Waals surface area contributed by atoms with Gasteiger partial charge < -0.3 is 19.3 Å². The molecule has 10 nitrogen and oxygen atoms in total. The van der Waals surface area contributed by atoms with Crippen molar-refractivity contribution in [2.45, 2.75) is 89.5 Å². The Morgan fingerprint density at radius 2 is 1.15 bits per heavy atom. The van der Waals surface area contributed by atoms with Crippen LogP contribution in [0.25, 0.3) is 42.5 Å². The molecular formula is C34H36N8O2S2. The maximum absolute atomic E-state index is 10.4. The van der Waals surface area contributed by atoms with Crippen LogP contribution in [0.5, 0.6) is 0 Å². The molecule has 0 unspecified atom stereocenters. The predicted molar refractivity (Wildman–Crippen MR) is 181 cm³/mol. The number of pyridine rings is 2. The zero-order valence-corrected chi connectivity index (χ0v) is 27.5. The van der Waals surface area contributed by atoms with Crippen LogP contribution in [-0.4, -0.2) is 51.5 Å². The molecule has 2 saturated carbocycles. The lowest BCUT2D eigenvalue weighted by atomic mass is 9.82. The van der Waals surface area contributed by atoms with Crippen LogP contribution in [-0.2, 0) is 0 Å². The first kappa shape index (κ1) is 30.7. The van der Waals surface area contributed by atoms with E-state index in [-0.39, 0.29) is 23.9 Å². The molecule has 12 heteroatoms. The van der Waals surface area contributed by atoms with Gasteiger partial charge in [0.15, 0.2) is 0 Å². The summed E-state index contributed by atoms with van der Waals surface area (Å²) >= 11 is 3.38. The van der Waals surface area contributed by atoms with Crippen molar-refractivity contribution in [3.05, 3.63) is 46.9 Å². The van der Waals surface area contributed by atoms with Crippen LogP contribution in [0, 0.1) is 48.3 Å². The number of imidazole rings is 2. The summed E-state index contributed by atoms with van der Waals surface area (Å²) < 4.78 is 6.89. The van der Waals surface area contributed by atoms with Gasteiger partial charge in [0.1, 0.15) is 22.7 Å². The molecule has 46 heavy (non-hydrogen) atoms. The summed E-state index contributed by atoms with van der Waals surface area (Å²) in [6, 6.07) is 8.92. The number of fused-ring (bicyclic) bond motifs is 6. The molecule has 0 radical (unpaired) electrons. The Balaban J connectivity index is 0.000000147. The zero-order chi connectivity index (χ0) is 31.9. The van der Waals surface area contributed by atoms with Gasteiger partial charge >= 0.3 is 0 Å². The second kappa shape index (κ2) is 12.7. The van der Waals surface area contributed by atoms with Gasteiger partial charge in [-0.1, -0.05) is 0 Å². The molecule has 2 fully saturated rings. The van der Waals surface area contributed by atoms with E-state index in [1.165, 1.54) is 0 Å². The molecule has 6 atom stereocenters. The van der Waals surface area contributed by atoms with Gasteiger partial charge in [0, 0.05) is 24.9 Å². The summed E-state index contributed by atoms with van der Waals surface area (Å²) in [5.74, 6) is 2.15. The SMILES string of the molecule is Cc1nc2cnc3ccsc3c2n1[C@@H]1CC[C@@H](CC#N)[C@@H](O)C1.Cc1nc2cnc3ccsc3c2n1[C@H]1CC[C@H](CC#N)[C@H](O)C1. The summed E-state index contributed by atoms with van der Waals surface area (Å²) in [5.41, 5.74) is 6.12. The largest absolute Gasteiger partial charge is 0.393 e. The number of aliphatic hydroxyl groups is 2. The Morgan fingerprint density at radius 1 is 0.717 bits per heavy atom. The third-order valence-corrected chi connectivity index (χ3v) is 11.7. The number of aromatic nitrogens is 6. The minimum atomic E-state index is -0.411. The maximum atomic E-state index is 10.4. The van der Waals surface area contributed by atoms with Crippen LogP contribution < -0.4 is 0 Å². The second-order valence-corrected chi connectivity index (χ2v) is 14.5. The lowest BCUT2D eigenvalue weighted by molar-refractivity contribution is 0.0499. The Kier molecular flexibility index (Phi) is 8.47. The third-order valence-electron chi connectivity index (χ3n) is 9.89. The normalized spacial score (nSPS) is 25.0. The van der Waals surface area contributed by atoms with Crippen LogP contribution in [0.4, 0.5) is 0 Å². The summed E-state index contributed by atoms with van der Waals surface area (Å²) in [6.07, 6.45) is 8.84. The summed E-state index contributed by atoms with van der Waals surface area (Å²) in [6.45, 7) is 4.04. The van der Waals surface area contributed by atoms with Crippen molar-refractivity contribution in [1.82, 2.24) is 29.1 Å². The topological polar surface area (TPSA) is 149 Å². The van der Waals surface area contributed by atoms with Crippen molar-refractivity contribution in [3.63, 3.8) is 0 Å². The van der Waals surface area contributed by atoms with Crippen molar-refractivity contribution in [3.8, 4) is 12.1 Å². The van der Waals surface area contributed by atoms with Gasteiger partial charge in [0.2, 0.25) is 0 Å². The molecule has 2 aliphatic rings. The van der Waals surface area contributed by atoms with Crippen LogP contribution in [0.15, 0.2) is 35.3 Å². The van der Waals surface area contributed by atoms with Gasteiger partial charge in [-0.15, -0.1) is 22.7 Å². The molecule has 0 spiro atoms. The summed E-state index contributed by atoms with van der Waals surface area (Å²) in [5, 5.41) is 42.7. The fourth-order valence-corrected chi connectivity index (χ4v) is 9.42. The molecule has 0 aromatic carbocycles. The molecule has 236 valence electrons. The monoisotopic (exact) mass is 652 g/mol. The summed E-state index contributed by atoms with van der Waals surface area (Å²) in [4.78, 5) is 18.3. The number of hydrogen-bond donors (Lipinski definition) is 2. The van der Waals surface area contributed by atoms with Crippen LogP contribution in [0.3, 0.4) is 0 Å². The van der Waals surface area contributed by atoms with E-state index in [9.17, 15) is 10.2 Å². The van der Waals surface area contributed by atoms with Crippen molar-refractivity contribution in [1.29, 1.82) is 10.5 Å². The molecule has 6 aromatic rings. The molecular weight excluding hydrogens is 617 g/mol. The quantitative estimate of drug-likeness (QED) is 0.204. The highest BCUT2D eigenvalue weighted by Crippen LogP contribution is 2.40. The highest BCUT2D eigenvalue weighted by molar-refractivity contribution is 7.18. The average Bonchev–Trinajstić information content (AvgIpc) is 3.83. The first-order valence-corrected chi connectivity index (χ1v) is 17.6. The van der Waals surface area contributed by atoms with Crippen LogP contribution in [0.1, 0.15) is 75.1 Å². The lowest BCUT2D eigenvalue weighted by Crippen LogP contribution is -2.31. The fourth-order valence-electron chi connectivity index (χ4n) is 7.64. The first-order chi connectivity index (χ1) is 22.4. The zero-order valence-electron chi connectivity index (χ0n) is 25.9. The van der Waals surface area contributed by atoms with Crippen LogP contribution in [0.2, 0.25) is 0 Å². The molecule has 8 rings (SSSR count). The smallest absolute Gasteiger partial charge is 0.109 e. The molecule has 0 aliphatic heterocycles. The summed E-state index contributed by atoms with van der Waals surface area (Å²) in [7, 11) is 0. The van der Waals surface area contributed by atoms with Crippen LogP contribution >= 0.6 is 22.7 Å².